The van der Waals surface area contributed by atoms with Gasteiger partial charge in [-0.2, -0.15) is 5.26 Å². The van der Waals surface area contributed by atoms with Crippen molar-refractivity contribution in [3.63, 3.8) is 0 Å². The fraction of sp³-hybridized carbons (Fsp3) is 0. The Bertz CT molecular complexity index is 971. The van der Waals surface area contributed by atoms with Crippen LogP contribution >= 0.6 is 0 Å². The van der Waals surface area contributed by atoms with E-state index in [1.165, 1.54) is 21.5 Å². The second-order valence-electron chi connectivity index (χ2n) is 4.74. The molecular formula is C17H10N2. The molecule has 0 bridgehead atoms. The summed E-state index contributed by atoms with van der Waals surface area (Å²) in [5.41, 5.74) is 2.82. The number of nitriles is 1. The van der Waals surface area contributed by atoms with Crippen LogP contribution in [0.25, 0.3) is 32.6 Å². The number of nitrogens with one attached hydrogen (secondary N) is 1. The number of H-pyrrole nitrogens is 1. The van der Waals surface area contributed by atoms with Crippen LogP contribution in [0.2, 0.25) is 0 Å². The Balaban J connectivity index is 2.19. The van der Waals surface area contributed by atoms with E-state index in [0.29, 0.717) is 5.56 Å². The number of hydrogen-bond donors (Lipinski definition) is 1. The number of aromatic nitrogens is 1. The lowest BCUT2D eigenvalue weighted by Gasteiger charge is -1.97. The van der Waals surface area contributed by atoms with Crippen LogP contribution in [0.15, 0.2) is 54.6 Å². The molecular weight excluding hydrogens is 232 g/mol. The first kappa shape index (κ1) is 10.2. The lowest BCUT2D eigenvalue weighted by molar-refractivity contribution is 1.48. The summed E-state index contributed by atoms with van der Waals surface area (Å²) >= 11 is 0. The maximum absolute atomic E-state index is 8.96. The monoisotopic (exact) mass is 242 g/mol. The van der Waals surface area contributed by atoms with Gasteiger partial charge in [-0.05, 0) is 35.0 Å². The van der Waals surface area contributed by atoms with E-state index in [0.717, 1.165) is 11.0 Å². The van der Waals surface area contributed by atoms with Crippen molar-refractivity contribution in [2.45, 2.75) is 0 Å². The minimum Gasteiger partial charge on any atom is -0.354 e. The molecule has 2 heteroatoms. The lowest BCUT2D eigenvalue weighted by atomic mass is 10.1. The molecule has 0 unspecified atom stereocenters. The van der Waals surface area contributed by atoms with Gasteiger partial charge in [0.15, 0.2) is 0 Å². The van der Waals surface area contributed by atoms with Crippen molar-refractivity contribution < 1.29 is 0 Å². The van der Waals surface area contributed by atoms with Gasteiger partial charge < -0.3 is 4.98 Å². The van der Waals surface area contributed by atoms with Crippen molar-refractivity contribution in [1.29, 1.82) is 5.26 Å². The van der Waals surface area contributed by atoms with Crippen LogP contribution in [-0.2, 0) is 0 Å². The first-order chi connectivity index (χ1) is 9.35. The summed E-state index contributed by atoms with van der Waals surface area (Å²) in [6, 6.07) is 20.7. The molecule has 0 spiro atoms. The summed E-state index contributed by atoms with van der Waals surface area (Å²) in [5.74, 6) is 0. The van der Waals surface area contributed by atoms with Crippen LogP contribution in [-0.4, -0.2) is 4.98 Å². The molecule has 4 aromatic rings. The third-order valence-electron chi connectivity index (χ3n) is 3.59. The molecule has 0 aliphatic rings. The zero-order valence-electron chi connectivity index (χ0n) is 10.1. The summed E-state index contributed by atoms with van der Waals surface area (Å²) in [6.07, 6.45) is 0. The van der Waals surface area contributed by atoms with Gasteiger partial charge in [-0.15, -0.1) is 0 Å². The van der Waals surface area contributed by atoms with Crippen LogP contribution in [0.1, 0.15) is 5.56 Å². The third kappa shape index (κ3) is 1.42. The molecule has 3 aromatic carbocycles. The first-order valence-electron chi connectivity index (χ1n) is 6.19. The molecule has 4 rings (SSSR count). The summed E-state index contributed by atoms with van der Waals surface area (Å²) in [7, 11) is 0. The van der Waals surface area contributed by atoms with E-state index in [1.54, 1.807) is 0 Å². The van der Waals surface area contributed by atoms with Gasteiger partial charge >= 0.3 is 0 Å². The van der Waals surface area contributed by atoms with Crippen LogP contribution in [0, 0.1) is 11.3 Å². The normalized spacial score (nSPS) is 11.1. The summed E-state index contributed by atoms with van der Waals surface area (Å²) in [4.78, 5) is 3.39. The topological polar surface area (TPSA) is 39.6 Å². The van der Waals surface area contributed by atoms with Gasteiger partial charge in [0.2, 0.25) is 0 Å². The number of fused-ring (bicyclic) bond motifs is 4. The van der Waals surface area contributed by atoms with Crippen molar-refractivity contribution in [2.75, 3.05) is 0 Å². The van der Waals surface area contributed by atoms with Crippen molar-refractivity contribution in [3.05, 3.63) is 60.2 Å². The Kier molecular flexibility index (Phi) is 1.93. The fourth-order valence-corrected chi connectivity index (χ4v) is 2.66. The molecule has 0 radical (unpaired) electrons. The Morgan fingerprint density at radius 1 is 0.789 bits per heavy atom. The number of hydrogen-bond acceptors (Lipinski definition) is 1. The highest BCUT2D eigenvalue weighted by atomic mass is 14.7. The Hall–Kier alpha value is -2.79. The van der Waals surface area contributed by atoms with Gasteiger partial charge in [-0.3, -0.25) is 0 Å². The molecule has 0 fully saturated rings. The smallest absolute Gasteiger partial charge is 0.0992 e. The van der Waals surface area contributed by atoms with Gasteiger partial charge in [0.25, 0.3) is 0 Å². The Morgan fingerprint density at radius 3 is 2.32 bits per heavy atom. The third-order valence-corrected chi connectivity index (χ3v) is 3.59. The van der Waals surface area contributed by atoms with E-state index < -0.39 is 0 Å². The van der Waals surface area contributed by atoms with Gasteiger partial charge in [0, 0.05) is 21.8 Å². The quantitative estimate of drug-likeness (QED) is 0.489. The minimum absolute atomic E-state index is 0.684. The van der Waals surface area contributed by atoms with E-state index in [1.807, 2.05) is 24.3 Å². The predicted molar refractivity (Wildman–Crippen MR) is 78.0 cm³/mol. The highest BCUT2D eigenvalue weighted by Gasteiger charge is 2.06. The van der Waals surface area contributed by atoms with E-state index in [2.05, 4.69) is 41.4 Å². The standard InChI is InChI=1S/C17H10N2/c18-10-11-5-6-14-15-8-12-3-1-2-4-13(12)9-17(15)19-16(14)7-11/h1-9,19H. The molecule has 0 saturated carbocycles. The van der Waals surface area contributed by atoms with Crippen molar-refractivity contribution >= 4 is 32.6 Å². The lowest BCUT2D eigenvalue weighted by Crippen LogP contribution is -1.73. The molecule has 0 aliphatic heterocycles. The van der Waals surface area contributed by atoms with Gasteiger partial charge in [-0.1, -0.05) is 30.3 Å². The fourth-order valence-electron chi connectivity index (χ4n) is 2.66. The van der Waals surface area contributed by atoms with Crippen LogP contribution in [0.5, 0.6) is 0 Å². The summed E-state index contributed by atoms with van der Waals surface area (Å²) < 4.78 is 0. The first-order valence-corrected chi connectivity index (χ1v) is 6.19. The largest absolute Gasteiger partial charge is 0.354 e. The molecule has 1 N–H and O–H groups in total. The van der Waals surface area contributed by atoms with E-state index in [4.69, 9.17) is 5.26 Å². The summed E-state index contributed by atoms with van der Waals surface area (Å²) in [6.45, 7) is 0. The molecule has 19 heavy (non-hydrogen) atoms. The van der Waals surface area contributed by atoms with Crippen molar-refractivity contribution in [2.24, 2.45) is 0 Å². The predicted octanol–water partition coefficient (Wildman–Crippen LogP) is 4.35. The van der Waals surface area contributed by atoms with E-state index >= 15 is 0 Å². The maximum atomic E-state index is 8.96. The minimum atomic E-state index is 0.684. The second kappa shape index (κ2) is 3.60. The summed E-state index contributed by atoms with van der Waals surface area (Å²) in [5, 5.41) is 13.8. The Morgan fingerprint density at radius 2 is 1.53 bits per heavy atom. The van der Waals surface area contributed by atoms with Crippen molar-refractivity contribution in [3.8, 4) is 6.07 Å². The number of rotatable bonds is 0. The molecule has 1 aromatic heterocycles. The van der Waals surface area contributed by atoms with E-state index in [9.17, 15) is 0 Å². The molecule has 0 aliphatic carbocycles. The zero-order chi connectivity index (χ0) is 12.8. The highest BCUT2D eigenvalue weighted by Crippen LogP contribution is 2.29. The van der Waals surface area contributed by atoms with Gasteiger partial charge in [0.1, 0.15) is 0 Å². The van der Waals surface area contributed by atoms with Crippen LogP contribution in [0.4, 0.5) is 0 Å². The van der Waals surface area contributed by atoms with Crippen LogP contribution < -0.4 is 0 Å². The molecule has 88 valence electrons. The zero-order valence-corrected chi connectivity index (χ0v) is 10.1. The number of nitrogens with zero attached hydrogens (tertiary/aromatic N) is 1. The highest BCUT2D eigenvalue weighted by molar-refractivity contribution is 6.12. The number of benzene rings is 3. The number of aromatic amines is 1. The molecule has 0 amide bonds. The van der Waals surface area contributed by atoms with Gasteiger partial charge in [-0.25, -0.2) is 0 Å². The maximum Gasteiger partial charge on any atom is 0.0992 e. The molecule has 0 atom stereocenters. The SMILES string of the molecule is N#Cc1ccc2c(c1)[nH]c1cc3ccccc3cc12. The van der Waals surface area contributed by atoms with Crippen LogP contribution in [0.3, 0.4) is 0 Å². The average Bonchev–Trinajstić information content (AvgIpc) is 2.81. The molecule has 2 nitrogen and oxygen atoms in total. The Labute approximate surface area is 109 Å². The second-order valence-corrected chi connectivity index (χ2v) is 4.74. The van der Waals surface area contributed by atoms with Crippen molar-refractivity contribution in [1.82, 2.24) is 4.98 Å². The average molecular weight is 242 g/mol. The molecule has 1 heterocycles. The molecule has 0 saturated heterocycles. The van der Waals surface area contributed by atoms with E-state index in [-0.39, 0.29) is 0 Å². The van der Waals surface area contributed by atoms with Gasteiger partial charge in [0.05, 0.1) is 11.6 Å².